The topological polar surface area (TPSA) is 81.4 Å². The van der Waals surface area contributed by atoms with Crippen LogP contribution >= 0.6 is 11.6 Å². The van der Waals surface area contributed by atoms with Crippen molar-refractivity contribution in [3.05, 3.63) is 75.4 Å². The van der Waals surface area contributed by atoms with Crippen molar-refractivity contribution in [1.29, 1.82) is 0 Å². The van der Waals surface area contributed by atoms with E-state index >= 15 is 0 Å². The first-order valence-corrected chi connectivity index (χ1v) is 9.32. The monoisotopic (exact) mass is 414 g/mol. The molecule has 8 heteroatoms. The second-order valence-electron chi connectivity index (χ2n) is 6.74. The van der Waals surface area contributed by atoms with Crippen LogP contribution in [0, 0.1) is 12.7 Å². The highest BCUT2D eigenvalue weighted by atomic mass is 35.5. The van der Waals surface area contributed by atoms with Crippen LogP contribution in [0.15, 0.2) is 36.7 Å². The van der Waals surface area contributed by atoms with Gasteiger partial charge in [-0.2, -0.15) is 0 Å². The highest BCUT2D eigenvalue weighted by Gasteiger charge is 2.28. The molecule has 0 atom stereocenters. The van der Waals surface area contributed by atoms with Gasteiger partial charge in [0.25, 0.3) is 0 Å². The van der Waals surface area contributed by atoms with Crippen LogP contribution in [0.4, 0.5) is 4.39 Å². The Hall–Kier alpha value is -3.19. The molecular weight excluding hydrogens is 399 g/mol. The number of hydrogen-bond donors (Lipinski definition) is 1. The van der Waals surface area contributed by atoms with Crippen molar-refractivity contribution in [3.8, 4) is 11.6 Å². The molecule has 3 heterocycles. The van der Waals surface area contributed by atoms with Gasteiger partial charge < -0.3 is 9.84 Å². The van der Waals surface area contributed by atoms with E-state index in [1.165, 1.54) is 29.1 Å². The zero-order valence-corrected chi connectivity index (χ0v) is 16.2. The fraction of sp³-hybridized carbons (Fsp3) is 0.190. The number of halogens is 2. The summed E-state index contributed by atoms with van der Waals surface area (Å²) in [6.45, 7) is 2.21. The molecule has 6 nitrogen and oxygen atoms in total. The summed E-state index contributed by atoms with van der Waals surface area (Å²) in [7, 11) is 0. The quantitative estimate of drug-likeness (QED) is 0.510. The van der Waals surface area contributed by atoms with Crippen LogP contribution in [0.1, 0.15) is 43.8 Å². The van der Waals surface area contributed by atoms with Gasteiger partial charge in [-0.05, 0) is 49.6 Å². The lowest BCUT2D eigenvalue weighted by molar-refractivity contribution is 0.0696. The molecular formula is C21H16ClFN2O4. The molecule has 0 saturated carbocycles. The first-order chi connectivity index (χ1) is 13.9. The number of aromatic carboxylic acids is 1. The zero-order valence-electron chi connectivity index (χ0n) is 15.4. The van der Waals surface area contributed by atoms with Gasteiger partial charge in [-0.15, -0.1) is 0 Å². The smallest absolute Gasteiger partial charge is 0.335 e. The number of carbonyl (C=O) groups is 2. The van der Waals surface area contributed by atoms with Gasteiger partial charge in [0.2, 0.25) is 5.88 Å². The average molecular weight is 415 g/mol. The number of carboxylic acid groups (broad SMARTS) is 1. The van der Waals surface area contributed by atoms with E-state index in [0.29, 0.717) is 41.2 Å². The summed E-state index contributed by atoms with van der Waals surface area (Å²) in [5.74, 6) is -1.90. The highest BCUT2D eigenvalue weighted by Crippen LogP contribution is 2.36. The van der Waals surface area contributed by atoms with Crippen LogP contribution < -0.4 is 4.74 Å². The maximum atomic E-state index is 14.7. The summed E-state index contributed by atoms with van der Waals surface area (Å²) in [4.78, 5) is 28.3. The lowest BCUT2D eigenvalue weighted by Gasteiger charge is -2.17. The molecule has 0 bridgehead atoms. The van der Waals surface area contributed by atoms with E-state index in [0.717, 1.165) is 12.5 Å². The van der Waals surface area contributed by atoms with E-state index < -0.39 is 11.8 Å². The largest absolute Gasteiger partial charge is 0.478 e. The predicted molar refractivity (Wildman–Crippen MR) is 104 cm³/mol. The van der Waals surface area contributed by atoms with Crippen LogP contribution in [0.3, 0.4) is 0 Å². The van der Waals surface area contributed by atoms with Crippen molar-refractivity contribution < 1.29 is 23.8 Å². The normalized spacial score (nSPS) is 12.9. The Kier molecular flexibility index (Phi) is 4.84. The Balaban J connectivity index is 1.88. The minimum absolute atomic E-state index is 0.0983. The molecule has 2 aromatic heterocycles. The second-order valence-corrected chi connectivity index (χ2v) is 7.10. The third-order valence-electron chi connectivity index (χ3n) is 4.91. The van der Waals surface area contributed by atoms with E-state index in [2.05, 4.69) is 4.98 Å². The maximum absolute atomic E-state index is 14.7. The fourth-order valence-electron chi connectivity index (χ4n) is 3.48. The van der Waals surface area contributed by atoms with Crippen LogP contribution in [0.25, 0.3) is 5.69 Å². The summed E-state index contributed by atoms with van der Waals surface area (Å²) < 4.78 is 21.9. The summed E-state index contributed by atoms with van der Waals surface area (Å²) in [6, 6.07) is 5.30. The molecule has 0 unspecified atom stereocenters. The molecule has 0 spiro atoms. The number of ketones is 1. The number of pyridine rings is 1. The summed E-state index contributed by atoms with van der Waals surface area (Å²) >= 11 is 6.17. The minimum Gasteiger partial charge on any atom is -0.478 e. The lowest BCUT2D eigenvalue weighted by atomic mass is 9.97. The van der Waals surface area contributed by atoms with E-state index in [1.54, 1.807) is 13.0 Å². The average Bonchev–Trinajstić information content (AvgIpc) is 3.07. The number of ether oxygens (including phenoxy) is 1. The van der Waals surface area contributed by atoms with Gasteiger partial charge in [0.15, 0.2) is 5.78 Å². The molecule has 148 valence electrons. The lowest BCUT2D eigenvalue weighted by Crippen LogP contribution is -2.13. The van der Waals surface area contributed by atoms with E-state index in [9.17, 15) is 14.0 Å². The molecule has 1 N–H and O–H groups in total. The van der Waals surface area contributed by atoms with Gasteiger partial charge in [0.05, 0.1) is 23.4 Å². The van der Waals surface area contributed by atoms with Crippen molar-refractivity contribution in [1.82, 2.24) is 9.55 Å². The van der Waals surface area contributed by atoms with Gasteiger partial charge in [0.1, 0.15) is 11.0 Å². The fourth-order valence-corrected chi connectivity index (χ4v) is 3.78. The number of carbonyl (C=O) groups excluding carboxylic acids is 1. The second kappa shape index (κ2) is 7.33. The number of aryl methyl sites for hydroxylation is 1. The Labute approximate surface area is 170 Å². The molecule has 1 aliphatic rings. The number of aromatic nitrogens is 2. The maximum Gasteiger partial charge on any atom is 0.335 e. The Morgan fingerprint density at radius 2 is 2.10 bits per heavy atom. The van der Waals surface area contributed by atoms with Gasteiger partial charge in [-0.25, -0.2) is 14.2 Å². The van der Waals surface area contributed by atoms with Crippen LogP contribution in [0.5, 0.6) is 5.88 Å². The van der Waals surface area contributed by atoms with Crippen molar-refractivity contribution in [2.75, 3.05) is 6.61 Å². The van der Waals surface area contributed by atoms with Crippen molar-refractivity contribution in [2.45, 2.75) is 19.8 Å². The third-order valence-corrected chi connectivity index (χ3v) is 5.20. The molecule has 3 aromatic rings. The summed E-state index contributed by atoms with van der Waals surface area (Å²) in [5.41, 5.74) is 1.94. The number of hydrogen-bond acceptors (Lipinski definition) is 4. The molecule has 1 aliphatic heterocycles. The number of fused-ring (bicyclic) bond motifs is 1. The van der Waals surface area contributed by atoms with E-state index in [1.807, 2.05) is 0 Å². The highest BCUT2D eigenvalue weighted by molar-refractivity contribution is 6.34. The Morgan fingerprint density at radius 1 is 1.31 bits per heavy atom. The van der Waals surface area contributed by atoms with Gasteiger partial charge in [-0.3, -0.25) is 9.36 Å². The SMILES string of the molecule is Cc1ccnc(Cl)c1C(=O)c1cn(-c2ccc(C(=O)O)cc2F)c2c1CCCO2. The van der Waals surface area contributed by atoms with E-state index in [4.69, 9.17) is 21.4 Å². The van der Waals surface area contributed by atoms with Crippen LogP contribution in [-0.2, 0) is 6.42 Å². The number of carboxylic acids is 1. The molecule has 0 fully saturated rings. The van der Waals surface area contributed by atoms with Crippen LogP contribution in [0.2, 0.25) is 5.15 Å². The standard InChI is InChI=1S/C21H16ClFN2O4/c1-11-6-7-24-19(22)17(11)18(26)14-10-25(20-13(14)3-2-8-29-20)16-5-4-12(21(27)28)9-15(16)23/h4-7,9-10H,2-3,8H2,1H3,(H,27,28). The third kappa shape index (κ3) is 3.27. The first kappa shape index (κ1) is 19.1. The number of nitrogens with zero attached hydrogens (tertiary/aromatic N) is 2. The summed E-state index contributed by atoms with van der Waals surface area (Å²) in [5, 5.41) is 9.16. The molecule has 0 radical (unpaired) electrons. The van der Waals surface area contributed by atoms with Crippen molar-refractivity contribution in [3.63, 3.8) is 0 Å². The Bertz CT molecular complexity index is 1140. The minimum atomic E-state index is -1.22. The van der Waals surface area contributed by atoms with Gasteiger partial charge >= 0.3 is 5.97 Å². The Morgan fingerprint density at radius 3 is 2.79 bits per heavy atom. The van der Waals surface area contributed by atoms with Crippen molar-refractivity contribution in [2.24, 2.45) is 0 Å². The van der Waals surface area contributed by atoms with E-state index in [-0.39, 0.29) is 22.2 Å². The molecule has 0 saturated heterocycles. The summed E-state index contributed by atoms with van der Waals surface area (Å²) in [6.07, 6.45) is 4.35. The van der Waals surface area contributed by atoms with Gasteiger partial charge in [-0.1, -0.05) is 11.6 Å². The van der Waals surface area contributed by atoms with Crippen LogP contribution in [-0.4, -0.2) is 33.0 Å². The number of benzene rings is 1. The molecule has 1 aromatic carbocycles. The first-order valence-electron chi connectivity index (χ1n) is 8.94. The molecule has 0 aliphatic carbocycles. The predicted octanol–water partition coefficient (Wildman–Crippen LogP) is 4.23. The molecule has 29 heavy (non-hydrogen) atoms. The molecule has 0 amide bonds. The van der Waals surface area contributed by atoms with Crippen molar-refractivity contribution >= 4 is 23.4 Å². The molecule has 4 rings (SSSR count). The number of rotatable bonds is 4. The zero-order chi connectivity index (χ0) is 20.7. The van der Waals surface area contributed by atoms with Gasteiger partial charge in [0, 0.05) is 23.5 Å².